The summed E-state index contributed by atoms with van der Waals surface area (Å²) in [6.45, 7) is 8.14. The Morgan fingerprint density at radius 1 is 1.15 bits per heavy atom. The molecule has 1 aliphatic carbocycles. The van der Waals surface area contributed by atoms with Crippen molar-refractivity contribution in [2.45, 2.75) is 58.2 Å². The van der Waals surface area contributed by atoms with Gasteiger partial charge in [-0.1, -0.05) is 12.1 Å². The first-order valence-corrected chi connectivity index (χ1v) is 7.46. The molecule has 0 bridgehead atoms. The molecule has 1 saturated carbocycles. The van der Waals surface area contributed by atoms with Gasteiger partial charge in [0.1, 0.15) is 5.75 Å². The van der Waals surface area contributed by atoms with E-state index in [1.807, 2.05) is 33.8 Å². The van der Waals surface area contributed by atoms with Gasteiger partial charge in [-0.15, -0.1) is 0 Å². The van der Waals surface area contributed by atoms with E-state index in [0.29, 0.717) is 0 Å². The van der Waals surface area contributed by atoms with E-state index in [-0.39, 0.29) is 17.0 Å². The van der Waals surface area contributed by atoms with Crippen LogP contribution in [-0.4, -0.2) is 23.4 Å². The summed E-state index contributed by atoms with van der Waals surface area (Å²) in [7, 11) is -0.477. The fourth-order valence-electron chi connectivity index (χ4n) is 2.64. The SMILES string of the molecule is CC1(C)OB(c2c(O)cccc2CC2CC2)OC1(C)C. The van der Waals surface area contributed by atoms with Gasteiger partial charge in [0.25, 0.3) is 0 Å². The molecule has 1 heterocycles. The second-order valence-corrected chi connectivity index (χ2v) is 7.09. The maximum atomic E-state index is 10.3. The molecule has 0 radical (unpaired) electrons. The van der Waals surface area contributed by atoms with E-state index in [4.69, 9.17) is 9.31 Å². The quantitative estimate of drug-likeness (QED) is 0.861. The molecule has 2 fully saturated rings. The summed E-state index contributed by atoms with van der Waals surface area (Å²) < 4.78 is 12.2. The molecule has 3 rings (SSSR count). The van der Waals surface area contributed by atoms with Crippen LogP contribution in [0, 0.1) is 5.92 Å². The first-order chi connectivity index (χ1) is 9.30. The summed E-state index contributed by atoms with van der Waals surface area (Å²) in [5.74, 6) is 1.04. The minimum Gasteiger partial charge on any atom is -0.508 e. The van der Waals surface area contributed by atoms with E-state index < -0.39 is 7.12 Å². The first kappa shape index (κ1) is 14.0. The fourth-order valence-corrected chi connectivity index (χ4v) is 2.64. The first-order valence-electron chi connectivity index (χ1n) is 7.46. The number of aromatic hydroxyl groups is 1. The third kappa shape index (κ3) is 2.36. The number of phenolic OH excluding ortho intramolecular Hbond substituents is 1. The van der Waals surface area contributed by atoms with Crippen molar-refractivity contribution in [3.05, 3.63) is 23.8 Å². The van der Waals surface area contributed by atoms with Crippen LogP contribution >= 0.6 is 0 Å². The van der Waals surface area contributed by atoms with E-state index in [1.54, 1.807) is 6.07 Å². The van der Waals surface area contributed by atoms with E-state index in [0.717, 1.165) is 23.4 Å². The maximum Gasteiger partial charge on any atom is 0.498 e. The molecule has 0 amide bonds. The smallest absolute Gasteiger partial charge is 0.498 e. The molecule has 4 heteroatoms. The Balaban J connectivity index is 1.94. The minimum atomic E-state index is -0.477. The van der Waals surface area contributed by atoms with Crippen molar-refractivity contribution in [3.63, 3.8) is 0 Å². The van der Waals surface area contributed by atoms with E-state index >= 15 is 0 Å². The van der Waals surface area contributed by atoms with Gasteiger partial charge >= 0.3 is 7.12 Å². The molecule has 0 atom stereocenters. The van der Waals surface area contributed by atoms with Crippen molar-refractivity contribution in [2.75, 3.05) is 0 Å². The average Bonchev–Trinajstić information content (AvgIpc) is 3.07. The average molecular weight is 274 g/mol. The summed E-state index contributed by atoms with van der Waals surface area (Å²) in [4.78, 5) is 0. The van der Waals surface area contributed by atoms with Gasteiger partial charge in [0.05, 0.1) is 11.2 Å². The van der Waals surface area contributed by atoms with Crippen molar-refractivity contribution >= 4 is 12.6 Å². The molecule has 1 N–H and O–H groups in total. The molecule has 0 aromatic heterocycles. The van der Waals surface area contributed by atoms with Crippen LogP contribution in [0.3, 0.4) is 0 Å². The van der Waals surface area contributed by atoms with Crippen LogP contribution in [0.15, 0.2) is 18.2 Å². The molecule has 2 aliphatic rings. The molecule has 1 aliphatic heterocycles. The summed E-state index contributed by atoms with van der Waals surface area (Å²) >= 11 is 0. The van der Waals surface area contributed by atoms with Crippen LogP contribution in [-0.2, 0) is 15.7 Å². The standard InChI is InChI=1S/C16H23BO3/c1-15(2)16(3,4)20-17(19-15)14-12(10-11-8-9-11)6-5-7-13(14)18/h5-7,11,18H,8-10H2,1-4H3. The zero-order valence-electron chi connectivity index (χ0n) is 12.8. The highest BCUT2D eigenvalue weighted by Crippen LogP contribution is 2.38. The van der Waals surface area contributed by atoms with Gasteiger partial charge in [0.2, 0.25) is 0 Å². The molecule has 20 heavy (non-hydrogen) atoms. The Morgan fingerprint density at radius 2 is 1.75 bits per heavy atom. The van der Waals surface area contributed by atoms with Crippen LogP contribution in [0.1, 0.15) is 46.1 Å². The van der Waals surface area contributed by atoms with Crippen molar-refractivity contribution in [1.82, 2.24) is 0 Å². The summed E-state index contributed by atoms with van der Waals surface area (Å²) in [5.41, 5.74) is 1.22. The highest BCUT2D eigenvalue weighted by molar-refractivity contribution is 6.63. The summed E-state index contributed by atoms with van der Waals surface area (Å²) in [6, 6.07) is 5.71. The van der Waals surface area contributed by atoms with E-state index in [2.05, 4.69) is 6.07 Å². The predicted molar refractivity (Wildman–Crippen MR) is 80.3 cm³/mol. The number of rotatable bonds is 3. The van der Waals surface area contributed by atoms with Gasteiger partial charge in [-0.25, -0.2) is 0 Å². The Kier molecular flexibility index (Phi) is 3.14. The lowest BCUT2D eigenvalue weighted by Gasteiger charge is -2.32. The minimum absolute atomic E-state index is 0.279. The van der Waals surface area contributed by atoms with Gasteiger partial charge in [-0.05, 0) is 64.5 Å². The molecule has 1 aromatic rings. The molecule has 3 nitrogen and oxygen atoms in total. The van der Waals surface area contributed by atoms with Gasteiger partial charge < -0.3 is 14.4 Å². The Hall–Kier alpha value is -0.995. The second kappa shape index (κ2) is 4.50. The van der Waals surface area contributed by atoms with Crippen molar-refractivity contribution in [1.29, 1.82) is 0 Å². The summed E-state index contributed by atoms with van der Waals surface area (Å²) in [6.07, 6.45) is 3.59. The van der Waals surface area contributed by atoms with Gasteiger partial charge in [0.15, 0.2) is 0 Å². The molecule has 1 aromatic carbocycles. The lowest BCUT2D eigenvalue weighted by molar-refractivity contribution is 0.00578. The van der Waals surface area contributed by atoms with Crippen molar-refractivity contribution in [3.8, 4) is 5.75 Å². The lowest BCUT2D eigenvalue weighted by atomic mass is 9.74. The summed E-state index contributed by atoms with van der Waals surface area (Å²) in [5, 5.41) is 10.3. The highest BCUT2D eigenvalue weighted by Gasteiger charge is 2.53. The number of hydrogen-bond donors (Lipinski definition) is 1. The van der Waals surface area contributed by atoms with Crippen LogP contribution in [0.4, 0.5) is 0 Å². The zero-order valence-corrected chi connectivity index (χ0v) is 12.8. The Bertz CT molecular complexity index is 504. The van der Waals surface area contributed by atoms with Crippen LogP contribution < -0.4 is 5.46 Å². The maximum absolute atomic E-state index is 10.3. The largest absolute Gasteiger partial charge is 0.508 e. The topological polar surface area (TPSA) is 38.7 Å². The van der Waals surface area contributed by atoms with Crippen LogP contribution in [0.5, 0.6) is 5.75 Å². The molecular weight excluding hydrogens is 251 g/mol. The van der Waals surface area contributed by atoms with Crippen LogP contribution in [0.2, 0.25) is 0 Å². The third-order valence-electron chi connectivity index (χ3n) is 4.87. The van der Waals surface area contributed by atoms with E-state index in [9.17, 15) is 5.11 Å². The normalized spacial score (nSPS) is 24.1. The predicted octanol–water partition coefficient (Wildman–Crippen LogP) is 2.64. The monoisotopic (exact) mass is 274 g/mol. The molecular formula is C16H23BO3. The Morgan fingerprint density at radius 3 is 2.30 bits per heavy atom. The molecule has 108 valence electrons. The molecule has 1 saturated heterocycles. The lowest BCUT2D eigenvalue weighted by Crippen LogP contribution is -2.41. The number of phenols is 1. The fraction of sp³-hybridized carbons (Fsp3) is 0.625. The second-order valence-electron chi connectivity index (χ2n) is 7.09. The van der Waals surface area contributed by atoms with Crippen molar-refractivity contribution < 1.29 is 14.4 Å². The zero-order chi connectivity index (χ0) is 14.5. The van der Waals surface area contributed by atoms with Gasteiger partial charge in [0, 0.05) is 5.46 Å². The van der Waals surface area contributed by atoms with Crippen molar-refractivity contribution in [2.24, 2.45) is 5.92 Å². The Labute approximate surface area is 121 Å². The van der Waals surface area contributed by atoms with Crippen LogP contribution in [0.25, 0.3) is 0 Å². The number of hydrogen-bond acceptors (Lipinski definition) is 3. The highest BCUT2D eigenvalue weighted by atomic mass is 16.7. The molecule has 0 unspecified atom stereocenters. The molecule has 0 spiro atoms. The number of benzene rings is 1. The van der Waals surface area contributed by atoms with E-state index in [1.165, 1.54) is 12.8 Å². The third-order valence-corrected chi connectivity index (χ3v) is 4.87. The van der Waals surface area contributed by atoms with Gasteiger partial charge in [-0.2, -0.15) is 0 Å². The van der Waals surface area contributed by atoms with Gasteiger partial charge in [-0.3, -0.25) is 0 Å².